The van der Waals surface area contributed by atoms with Crippen molar-refractivity contribution in [1.29, 1.82) is 0 Å². The third-order valence-corrected chi connectivity index (χ3v) is 2.99. The first kappa shape index (κ1) is 14.8. The van der Waals surface area contributed by atoms with Gasteiger partial charge < -0.3 is 15.2 Å². The van der Waals surface area contributed by atoms with E-state index < -0.39 is 12.6 Å². The summed E-state index contributed by atoms with van der Waals surface area (Å²) in [7, 11) is 0. The van der Waals surface area contributed by atoms with Crippen molar-refractivity contribution in [3.63, 3.8) is 0 Å². The highest BCUT2D eigenvalue weighted by Gasteiger charge is 2.10. The summed E-state index contributed by atoms with van der Waals surface area (Å²) in [5.74, 6) is -0.581. The van der Waals surface area contributed by atoms with Crippen molar-refractivity contribution in [3.8, 4) is 5.75 Å². The molecule has 5 nitrogen and oxygen atoms in total. The van der Waals surface area contributed by atoms with Crippen LogP contribution in [-0.4, -0.2) is 23.6 Å². The number of ether oxygens (including phenoxy) is 1. The molecule has 0 aromatic heterocycles. The van der Waals surface area contributed by atoms with E-state index in [1.807, 2.05) is 31.2 Å². The summed E-state index contributed by atoms with van der Waals surface area (Å²) in [6.07, 6.45) is 1.25. The number of rotatable bonds is 6. The maximum Gasteiger partial charge on any atom is 0.341 e. The van der Waals surface area contributed by atoms with Gasteiger partial charge in [0.2, 0.25) is 5.91 Å². The van der Waals surface area contributed by atoms with Gasteiger partial charge in [-0.1, -0.05) is 31.2 Å². The number of hydrogen-bond acceptors (Lipinski definition) is 3. The lowest BCUT2D eigenvalue weighted by Crippen LogP contribution is -2.12. The molecule has 0 saturated carbocycles. The van der Waals surface area contributed by atoms with Crippen LogP contribution in [0.25, 0.3) is 10.8 Å². The molecule has 5 heteroatoms. The van der Waals surface area contributed by atoms with Gasteiger partial charge in [-0.25, -0.2) is 4.79 Å². The highest BCUT2D eigenvalue weighted by Crippen LogP contribution is 2.31. The molecule has 21 heavy (non-hydrogen) atoms. The number of carboxylic acid groups (broad SMARTS) is 1. The zero-order valence-corrected chi connectivity index (χ0v) is 11.8. The molecule has 2 aromatic carbocycles. The van der Waals surface area contributed by atoms with Crippen molar-refractivity contribution < 1.29 is 19.4 Å². The third-order valence-electron chi connectivity index (χ3n) is 2.99. The molecule has 0 saturated heterocycles. The van der Waals surface area contributed by atoms with Crippen LogP contribution >= 0.6 is 0 Å². The molecule has 0 unspecified atom stereocenters. The lowest BCUT2D eigenvalue weighted by molar-refractivity contribution is -0.139. The Morgan fingerprint density at radius 1 is 1.14 bits per heavy atom. The van der Waals surface area contributed by atoms with Gasteiger partial charge >= 0.3 is 5.97 Å². The van der Waals surface area contributed by atoms with E-state index in [0.717, 1.165) is 17.2 Å². The van der Waals surface area contributed by atoms with Crippen molar-refractivity contribution in [2.75, 3.05) is 11.9 Å². The van der Waals surface area contributed by atoms with E-state index in [1.54, 1.807) is 12.1 Å². The largest absolute Gasteiger partial charge is 0.481 e. The molecule has 0 aliphatic heterocycles. The molecule has 0 radical (unpaired) electrons. The molecule has 1 amide bonds. The average molecular weight is 287 g/mol. The quantitative estimate of drug-likeness (QED) is 0.856. The molecule has 110 valence electrons. The number of anilines is 1. The predicted molar refractivity (Wildman–Crippen MR) is 80.6 cm³/mol. The van der Waals surface area contributed by atoms with E-state index >= 15 is 0 Å². The Kier molecular flexibility index (Phi) is 4.77. The third kappa shape index (κ3) is 3.72. The minimum absolute atomic E-state index is 0.0399. The fourth-order valence-corrected chi connectivity index (χ4v) is 2.09. The Hall–Kier alpha value is -2.56. The Morgan fingerprint density at radius 2 is 1.86 bits per heavy atom. The maximum absolute atomic E-state index is 11.7. The van der Waals surface area contributed by atoms with Crippen LogP contribution < -0.4 is 10.1 Å². The topological polar surface area (TPSA) is 75.6 Å². The number of benzene rings is 2. The molecular weight excluding hydrogens is 270 g/mol. The second-order valence-corrected chi connectivity index (χ2v) is 4.64. The summed E-state index contributed by atoms with van der Waals surface area (Å²) in [6, 6.07) is 10.8. The Bertz CT molecular complexity index is 666. The minimum atomic E-state index is -1.03. The zero-order valence-electron chi connectivity index (χ0n) is 11.8. The molecule has 0 bridgehead atoms. The number of hydrogen-bond donors (Lipinski definition) is 2. The number of amides is 1. The normalized spacial score (nSPS) is 10.3. The maximum atomic E-state index is 11.7. The molecule has 0 aliphatic rings. The van der Waals surface area contributed by atoms with Crippen molar-refractivity contribution in [2.24, 2.45) is 0 Å². The molecule has 0 spiro atoms. The second-order valence-electron chi connectivity index (χ2n) is 4.64. The first-order chi connectivity index (χ1) is 10.1. The monoisotopic (exact) mass is 287 g/mol. The molecule has 0 aliphatic carbocycles. The Balaban J connectivity index is 2.35. The van der Waals surface area contributed by atoms with Gasteiger partial charge in [-0.2, -0.15) is 0 Å². The van der Waals surface area contributed by atoms with E-state index in [2.05, 4.69) is 5.32 Å². The van der Waals surface area contributed by atoms with Gasteiger partial charge in [-0.05, 0) is 18.6 Å². The molecule has 2 aromatic rings. The van der Waals surface area contributed by atoms with Crippen molar-refractivity contribution >= 4 is 28.3 Å². The smallest absolute Gasteiger partial charge is 0.341 e. The van der Waals surface area contributed by atoms with Gasteiger partial charge in [0, 0.05) is 22.9 Å². The molecule has 2 N–H and O–H groups in total. The van der Waals surface area contributed by atoms with Crippen LogP contribution in [0.4, 0.5) is 5.69 Å². The molecule has 0 fully saturated rings. The Labute approximate surface area is 122 Å². The van der Waals surface area contributed by atoms with E-state index in [4.69, 9.17) is 9.84 Å². The number of carbonyl (C=O) groups excluding carboxylic acids is 1. The van der Waals surface area contributed by atoms with Crippen LogP contribution in [0, 0.1) is 0 Å². The van der Waals surface area contributed by atoms with E-state index in [0.29, 0.717) is 17.9 Å². The van der Waals surface area contributed by atoms with Gasteiger partial charge in [-0.3, -0.25) is 4.79 Å². The minimum Gasteiger partial charge on any atom is -0.481 e. The van der Waals surface area contributed by atoms with Gasteiger partial charge in [0.05, 0.1) is 0 Å². The van der Waals surface area contributed by atoms with Gasteiger partial charge in [0.1, 0.15) is 5.75 Å². The van der Waals surface area contributed by atoms with Gasteiger partial charge in [0.15, 0.2) is 6.61 Å². The molecular formula is C16H17NO4. The van der Waals surface area contributed by atoms with Crippen LogP contribution in [0.3, 0.4) is 0 Å². The number of carboxylic acids is 1. The summed E-state index contributed by atoms with van der Waals surface area (Å²) >= 11 is 0. The molecule has 0 atom stereocenters. The summed E-state index contributed by atoms with van der Waals surface area (Å²) in [6.45, 7) is 1.55. The van der Waals surface area contributed by atoms with Crippen LogP contribution in [0.15, 0.2) is 36.4 Å². The number of aliphatic carboxylic acids is 1. The van der Waals surface area contributed by atoms with Crippen molar-refractivity contribution in [1.82, 2.24) is 0 Å². The Morgan fingerprint density at radius 3 is 2.52 bits per heavy atom. The molecule has 0 heterocycles. The summed E-state index contributed by atoms with van der Waals surface area (Å²) in [5.41, 5.74) is 0.701. The fraction of sp³-hybridized carbons (Fsp3) is 0.250. The number of carbonyl (C=O) groups is 2. The zero-order chi connectivity index (χ0) is 15.2. The number of fused-ring (bicyclic) bond motifs is 1. The van der Waals surface area contributed by atoms with Crippen molar-refractivity contribution in [3.05, 3.63) is 36.4 Å². The first-order valence-electron chi connectivity index (χ1n) is 6.78. The summed E-state index contributed by atoms with van der Waals surface area (Å²) < 4.78 is 5.28. The van der Waals surface area contributed by atoms with E-state index in [1.165, 1.54) is 0 Å². The summed E-state index contributed by atoms with van der Waals surface area (Å²) in [4.78, 5) is 22.3. The van der Waals surface area contributed by atoms with Crippen LogP contribution in [-0.2, 0) is 9.59 Å². The number of nitrogens with one attached hydrogen (secondary N) is 1. The standard InChI is InChI=1S/C16H17NO4/c1-2-5-15(18)17-13-8-9-14(21-10-16(19)20)12-7-4-3-6-11(12)13/h3-4,6-9H,2,5,10H2,1H3,(H,17,18)(H,19,20). The lowest BCUT2D eigenvalue weighted by atomic mass is 10.1. The van der Waals surface area contributed by atoms with Crippen LogP contribution in [0.1, 0.15) is 19.8 Å². The van der Waals surface area contributed by atoms with Gasteiger partial charge in [0.25, 0.3) is 0 Å². The second kappa shape index (κ2) is 6.74. The first-order valence-corrected chi connectivity index (χ1v) is 6.78. The summed E-state index contributed by atoms with van der Waals surface area (Å²) in [5, 5.41) is 13.2. The van der Waals surface area contributed by atoms with Crippen LogP contribution in [0.2, 0.25) is 0 Å². The van der Waals surface area contributed by atoms with Crippen LogP contribution in [0.5, 0.6) is 5.75 Å². The SMILES string of the molecule is CCCC(=O)Nc1ccc(OCC(=O)O)c2ccccc12. The highest BCUT2D eigenvalue weighted by molar-refractivity contribution is 6.04. The van der Waals surface area contributed by atoms with Gasteiger partial charge in [-0.15, -0.1) is 0 Å². The van der Waals surface area contributed by atoms with Crippen molar-refractivity contribution in [2.45, 2.75) is 19.8 Å². The highest BCUT2D eigenvalue weighted by atomic mass is 16.5. The average Bonchev–Trinajstić information content (AvgIpc) is 2.46. The van der Waals surface area contributed by atoms with E-state index in [-0.39, 0.29) is 5.91 Å². The lowest BCUT2D eigenvalue weighted by Gasteiger charge is -2.12. The van der Waals surface area contributed by atoms with E-state index in [9.17, 15) is 9.59 Å². The molecule has 2 rings (SSSR count). The predicted octanol–water partition coefficient (Wildman–Crippen LogP) is 3.04. The fourth-order valence-electron chi connectivity index (χ4n) is 2.09.